The molecule has 4 aromatic rings. The van der Waals surface area contributed by atoms with E-state index in [1.54, 1.807) is 36.4 Å². The van der Waals surface area contributed by atoms with Crippen LogP contribution in [0.3, 0.4) is 0 Å². The van der Waals surface area contributed by atoms with Gasteiger partial charge in [-0.15, -0.1) is 0 Å². The summed E-state index contributed by atoms with van der Waals surface area (Å²) in [5, 5.41) is 3.51. The van der Waals surface area contributed by atoms with E-state index in [1.165, 1.54) is 16.4 Å². The lowest BCUT2D eigenvalue weighted by Crippen LogP contribution is -2.32. The molecule has 1 amide bonds. The van der Waals surface area contributed by atoms with Gasteiger partial charge < -0.3 is 4.42 Å². The van der Waals surface area contributed by atoms with Crippen LogP contribution in [0.15, 0.2) is 62.6 Å². The first-order valence-corrected chi connectivity index (χ1v) is 12.8. The normalized spacial score (nSPS) is 12.0. The maximum atomic E-state index is 13.1. The molecule has 0 spiro atoms. The number of carbonyl (C=O) groups is 1. The first kappa shape index (κ1) is 23.1. The highest BCUT2D eigenvalue weighted by Gasteiger charge is 2.24. The summed E-state index contributed by atoms with van der Waals surface area (Å²) in [6, 6.07) is 13.1. The molecule has 33 heavy (non-hydrogen) atoms. The molecule has 0 fully saturated rings. The maximum Gasteiger partial charge on any atom is 0.349 e. The Morgan fingerprint density at radius 3 is 2.55 bits per heavy atom. The lowest BCUT2D eigenvalue weighted by molar-refractivity contribution is 0.102. The minimum atomic E-state index is -3.63. The number of nitrogens with one attached hydrogen (secondary N) is 1. The Kier molecular flexibility index (Phi) is 6.59. The zero-order valence-corrected chi connectivity index (χ0v) is 19.8. The van der Waals surface area contributed by atoms with Gasteiger partial charge in [0.1, 0.15) is 11.1 Å². The standard InChI is InChI=1S/C23H23N3O5S2/c1-3-11-26(12-4-2)33(29,30)16-9-10-18-20(14-16)32-23(24-18)25-21(27)17-13-15-7-5-6-8-19(15)31-22(17)28/h5-10,13-14H,3-4,11-12H2,1-2H3,(H,24,25,27). The predicted octanol–water partition coefficient (Wildman–Crippen LogP) is 4.47. The molecule has 0 saturated heterocycles. The summed E-state index contributed by atoms with van der Waals surface area (Å²) in [7, 11) is -3.63. The fourth-order valence-electron chi connectivity index (χ4n) is 3.50. The molecule has 0 aliphatic carbocycles. The predicted molar refractivity (Wildman–Crippen MR) is 129 cm³/mol. The highest BCUT2D eigenvalue weighted by Crippen LogP contribution is 2.29. The van der Waals surface area contributed by atoms with Crippen LogP contribution in [-0.2, 0) is 10.0 Å². The zero-order chi connectivity index (χ0) is 23.6. The van der Waals surface area contributed by atoms with Crippen LogP contribution in [-0.4, -0.2) is 36.7 Å². The van der Waals surface area contributed by atoms with Gasteiger partial charge in [-0.3, -0.25) is 10.1 Å². The minimum absolute atomic E-state index is 0.133. The average molecular weight is 486 g/mol. The molecule has 1 N–H and O–H groups in total. The van der Waals surface area contributed by atoms with Gasteiger partial charge in [-0.1, -0.05) is 43.4 Å². The molecule has 172 valence electrons. The molecule has 0 saturated carbocycles. The molecule has 4 rings (SSSR count). The molecule has 2 aromatic heterocycles. The molecule has 2 heterocycles. The van der Waals surface area contributed by atoms with E-state index >= 15 is 0 Å². The molecular formula is C23H23N3O5S2. The van der Waals surface area contributed by atoms with Crippen LogP contribution in [0.4, 0.5) is 5.13 Å². The van der Waals surface area contributed by atoms with Crippen LogP contribution in [0.25, 0.3) is 21.2 Å². The van der Waals surface area contributed by atoms with Gasteiger partial charge in [-0.25, -0.2) is 18.2 Å². The highest BCUT2D eigenvalue weighted by molar-refractivity contribution is 7.89. The molecule has 0 atom stereocenters. The summed E-state index contributed by atoms with van der Waals surface area (Å²) in [6.07, 6.45) is 1.45. The van der Waals surface area contributed by atoms with Crippen molar-refractivity contribution in [3.8, 4) is 0 Å². The van der Waals surface area contributed by atoms with Crippen LogP contribution >= 0.6 is 11.3 Å². The Labute approximate surface area is 194 Å². The van der Waals surface area contributed by atoms with E-state index in [0.717, 1.165) is 24.2 Å². The molecule has 0 bridgehead atoms. The number of rotatable bonds is 8. The summed E-state index contributed by atoms with van der Waals surface area (Å²) in [5.74, 6) is -0.640. The first-order valence-electron chi connectivity index (χ1n) is 10.6. The van der Waals surface area contributed by atoms with Crippen LogP contribution in [0.1, 0.15) is 37.0 Å². The Bertz CT molecular complexity index is 1490. The van der Waals surface area contributed by atoms with E-state index in [2.05, 4.69) is 10.3 Å². The Balaban J connectivity index is 1.62. The molecule has 0 radical (unpaired) electrons. The Hall–Kier alpha value is -3.08. The molecule has 2 aromatic carbocycles. The fraction of sp³-hybridized carbons (Fsp3) is 0.261. The Morgan fingerprint density at radius 1 is 1.09 bits per heavy atom. The van der Waals surface area contributed by atoms with Gasteiger partial charge in [0, 0.05) is 18.5 Å². The maximum absolute atomic E-state index is 13.1. The van der Waals surface area contributed by atoms with Gasteiger partial charge in [0.15, 0.2) is 5.13 Å². The summed E-state index contributed by atoms with van der Waals surface area (Å²) < 4.78 is 33.5. The second kappa shape index (κ2) is 9.42. The van der Waals surface area contributed by atoms with Crippen molar-refractivity contribution < 1.29 is 17.6 Å². The average Bonchev–Trinajstić information content (AvgIpc) is 3.19. The lowest BCUT2D eigenvalue weighted by atomic mass is 10.2. The number of sulfonamides is 1. The van der Waals surface area contributed by atoms with Crippen molar-refractivity contribution in [1.82, 2.24) is 9.29 Å². The van der Waals surface area contributed by atoms with Gasteiger partial charge in [0.05, 0.1) is 15.1 Å². The molecular weight excluding hydrogens is 462 g/mol. The minimum Gasteiger partial charge on any atom is -0.422 e. The number of fused-ring (bicyclic) bond motifs is 2. The van der Waals surface area contributed by atoms with Gasteiger partial charge in [0.2, 0.25) is 10.0 Å². The topological polar surface area (TPSA) is 110 Å². The fourth-order valence-corrected chi connectivity index (χ4v) is 6.13. The number of aromatic nitrogens is 1. The third-order valence-corrected chi connectivity index (χ3v) is 7.88. The SMILES string of the molecule is CCCN(CCC)S(=O)(=O)c1ccc2nc(NC(=O)c3cc4ccccc4oc3=O)sc2c1. The third-order valence-electron chi connectivity index (χ3n) is 5.05. The van der Waals surface area contributed by atoms with E-state index in [-0.39, 0.29) is 15.6 Å². The van der Waals surface area contributed by atoms with E-state index in [4.69, 9.17) is 4.42 Å². The van der Waals surface area contributed by atoms with Crippen molar-refractivity contribution in [2.45, 2.75) is 31.6 Å². The van der Waals surface area contributed by atoms with Crippen molar-refractivity contribution in [2.24, 2.45) is 0 Å². The number of amides is 1. The molecule has 0 aliphatic rings. The van der Waals surface area contributed by atoms with Crippen LogP contribution in [0, 0.1) is 0 Å². The van der Waals surface area contributed by atoms with Gasteiger partial charge in [0.25, 0.3) is 5.91 Å². The quantitative estimate of drug-likeness (QED) is 0.369. The molecule has 0 unspecified atom stereocenters. The van der Waals surface area contributed by atoms with Crippen molar-refractivity contribution in [3.05, 3.63) is 64.5 Å². The van der Waals surface area contributed by atoms with Crippen molar-refractivity contribution in [1.29, 1.82) is 0 Å². The van der Waals surface area contributed by atoms with Gasteiger partial charge >= 0.3 is 5.63 Å². The van der Waals surface area contributed by atoms with Crippen LogP contribution in [0.2, 0.25) is 0 Å². The molecule has 8 nitrogen and oxygen atoms in total. The molecule has 10 heteroatoms. The number of anilines is 1. The third kappa shape index (κ3) is 4.68. The van der Waals surface area contributed by atoms with Gasteiger partial charge in [-0.2, -0.15) is 4.31 Å². The number of benzene rings is 2. The van der Waals surface area contributed by atoms with Crippen LogP contribution < -0.4 is 10.9 Å². The van der Waals surface area contributed by atoms with Gasteiger partial charge in [-0.05, 0) is 43.2 Å². The largest absolute Gasteiger partial charge is 0.422 e. The van der Waals surface area contributed by atoms with Crippen molar-refractivity contribution in [2.75, 3.05) is 18.4 Å². The Morgan fingerprint density at radius 2 is 1.82 bits per heavy atom. The number of hydrogen-bond acceptors (Lipinski definition) is 7. The van der Waals surface area contributed by atoms with Crippen molar-refractivity contribution in [3.63, 3.8) is 0 Å². The first-order chi connectivity index (χ1) is 15.8. The lowest BCUT2D eigenvalue weighted by Gasteiger charge is -2.20. The monoisotopic (exact) mass is 485 g/mol. The zero-order valence-electron chi connectivity index (χ0n) is 18.2. The number of para-hydroxylation sites is 1. The number of thiazole rings is 1. The molecule has 0 aliphatic heterocycles. The smallest absolute Gasteiger partial charge is 0.349 e. The summed E-state index contributed by atoms with van der Waals surface area (Å²) >= 11 is 1.14. The second-order valence-corrected chi connectivity index (χ2v) is 10.5. The summed E-state index contributed by atoms with van der Waals surface area (Å²) in [4.78, 5) is 29.5. The summed E-state index contributed by atoms with van der Waals surface area (Å²) in [6.45, 7) is 4.78. The van der Waals surface area contributed by atoms with E-state index in [0.29, 0.717) is 34.3 Å². The van der Waals surface area contributed by atoms with E-state index in [9.17, 15) is 18.0 Å². The van der Waals surface area contributed by atoms with E-state index < -0.39 is 21.6 Å². The number of hydrogen-bond donors (Lipinski definition) is 1. The number of carbonyl (C=O) groups excluding carboxylic acids is 1. The highest BCUT2D eigenvalue weighted by atomic mass is 32.2. The van der Waals surface area contributed by atoms with Crippen LogP contribution in [0.5, 0.6) is 0 Å². The van der Waals surface area contributed by atoms with E-state index in [1.807, 2.05) is 13.8 Å². The second-order valence-electron chi connectivity index (χ2n) is 7.49. The summed E-state index contributed by atoms with van der Waals surface area (Å²) in [5.41, 5.74) is 0.0731. The number of nitrogens with zero attached hydrogens (tertiary/aromatic N) is 2. The van der Waals surface area contributed by atoms with Crippen molar-refractivity contribution >= 4 is 53.6 Å².